The molecule has 0 radical (unpaired) electrons. The first-order valence-electron chi connectivity index (χ1n) is 4.23. The Hall–Kier alpha value is -0.760. The summed E-state index contributed by atoms with van der Waals surface area (Å²) in [6.07, 6.45) is -5.83. The topological polar surface area (TPSA) is 26.0 Å². The first kappa shape index (κ1) is 14.3. The maximum absolute atomic E-state index is 13.3. The molecule has 17 heavy (non-hydrogen) atoms. The zero-order chi connectivity index (χ0) is 13.4. The van der Waals surface area contributed by atoms with E-state index in [2.05, 4.69) is 15.9 Å². The van der Waals surface area contributed by atoms with Crippen molar-refractivity contribution >= 4 is 15.9 Å². The first-order valence-corrected chi connectivity index (χ1v) is 5.02. The van der Waals surface area contributed by atoms with Crippen LogP contribution in [-0.2, 0) is 0 Å². The summed E-state index contributed by atoms with van der Waals surface area (Å²) in [4.78, 5) is 0. The second-order valence-corrected chi connectivity index (χ2v) is 4.10. The summed E-state index contributed by atoms with van der Waals surface area (Å²) < 4.78 is 75.0. The first-order chi connectivity index (χ1) is 7.59. The fourth-order valence-corrected chi connectivity index (χ4v) is 1.51. The highest BCUT2D eigenvalue weighted by atomic mass is 79.9. The van der Waals surface area contributed by atoms with Gasteiger partial charge in [-0.25, -0.2) is 4.39 Å². The summed E-state index contributed by atoms with van der Waals surface area (Å²) in [6, 6.07) is 0.274. The van der Waals surface area contributed by atoms with Crippen molar-refractivity contribution in [2.75, 3.05) is 0 Å². The number of nitrogens with two attached hydrogens (primary N) is 1. The van der Waals surface area contributed by atoms with Crippen molar-refractivity contribution < 1.29 is 26.3 Å². The highest BCUT2D eigenvalue weighted by Gasteiger charge is 2.62. The van der Waals surface area contributed by atoms with Crippen molar-refractivity contribution in [3.05, 3.63) is 34.1 Å². The lowest BCUT2D eigenvalue weighted by molar-refractivity contribution is -0.291. The highest BCUT2D eigenvalue weighted by molar-refractivity contribution is 9.10. The van der Waals surface area contributed by atoms with Gasteiger partial charge in [-0.3, -0.25) is 0 Å². The van der Waals surface area contributed by atoms with Crippen LogP contribution in [0, 0.1) is 5.82 Å². The molecule has 0 spiro atoms. The fourth-order valence-electron chi connectivity index (χ4n) is 1.13. The Morgan fingerprint density at radius 2 is 1.65 bits per heavy atom. The minimum Gasteiger partial charge on any atom is -0.319 e. The van der Waals surface area contributed by atoms with Gasteiger partial charge >= 0.3 is 12.1 Å². The van der Waals surface area contributed by atoms with Gasteiger partial charge < -0.3 is 5.73 Å². The van der Waals surface area contributed by atoms with Crippen LogP contribution in [-0.4, -0.2) is 12.1 Å². The Labute approximate surface area is 101 Å². The number of hydrogen-bond acceptors (Lipinski definition) is 1. The average Bonchev–Trinajstić information content (AvgIpc) is 2.19. The third kappa shape index (κ3) is 2.57. The van der Waals surface area contributed by atoms with Gasteiger partial charge in [-0.1, -0.05) is 12.1 Å². The molecule has 1 aromatic rings. The predicted octanol–water partition coefficient (Wildman–Crippen LogP) is 3.79. The summed E-state index contributed by atoms with van der Waals surface area (Å²) >= 11 is 2.67. The second-order valence-electron chi connectivity index (χ2n) is 3.24. The van der Waals surface area contributed by atoms with E-state index in [0.29, 0.717) is 0 Å². The molecule has 0 aliphatic heterocycles. The Kier molecular flexibility index (Phi) is 3.78. The lowest BCUT2D eigenvalue weighted by atomic mass is 10.0. The number of hydrogen-bond donors (Lipinski definition) is 1. The molecule has 0 amide bonds. The molecule has 0 fully saturated rings. The minimum absolute atomic E-state index is 0.233. The molecule has 0 heterocycles. The molecule has 0 aromatic heterocycles. The van der Waals surface area contributed by atoms with Gasteiger partial charge in [0.05, 0.1) is 4.47 Å². The van der Waals surface area contributed by atoms with E-state index >= 15 is 0 Å². The lowest BCUT2D eigenvalue weighted by Crippen LogP contribution is -2.46. The number of benzene rings is 1. The van der Waals surface area contributed by atoms with Crippen LogP contribution in [0.3, 0.4) is 0 Å². The van der Waals surface area contributed by atoms with E-state index in [1.54, 1.807) is 0 Å². The lowest BCUT2D eigenvalue weighted by Gasteiger charge is -2.26. The molecule has 1 atom stereocenters. The van der Waals surface area contributed by atoms with Crippen molar-refractivity contribution in [3.8, 4) is 0 Å². The Balaban J connectivity index is 3.22. The minimum atomic E-state index is -5.83. The van der Waals surface area contributed by atoms with Gasteiger partial charge in [-0.15, -0.1) is 0 Å². The van der Waals surface area contributed by atoms with Crippen molar-refractivity contribution in [2.45, 2.75) is 18.1 Å². The van der Waals surface area contributed by atoms with Gasteiger partial charge in [-0.2, -0.15) is 22.0 Å². The number of rotatable bonds is 2. The zero-order valence-electron chi connectivity index (χ0n) is 8.03. The smallest absolute Gasteiger partial charge is 0.319 e. The van der Waals surface area contributed by atoms with Gasteiger partial charge in [0.15, 0.2) is 0 Å². The van der Waals surface area contributed by atoms with Crippen LogP contribution in [0.5, 0.6) is 0 Å². The molecule has 0 saturated heterocycles. The summed E-state index contributed by atoms with van der Waals surface area (Å²) in [5, 5.41) is 0. The van der Waals surface area contributed by atoms with Crippen LogP contribution < -0.4 is 5.73 Å². The quantitative estimate of drug-likeness (QED) is 0.824. The van der Waals surface area contributed by atoms with Gasteiger partial charge in [0, 0.05) is 5.56 Å². The summed E-state index contributed by atoms with van der Waals surface area (Å²) in [5.41, 5.74) is 3.90. The third-order valence-corrected chi connectivity index (χ3v) is 2.70. The molecule has 0 bridgehead atoms. The number of halogens is 7. The van der Waals surface area contributed by atoms with Crippen molar-refractivity contribution in [2.24, 2.45) is 5.73 Å². The monoisotopic (exact) mass is 321 g/mol. The van der Waals surface area contributed by atoms with Gasteiger partial charge in [0.1, 0.15) is 11.9 Å². The SMILES string of the molecule is N[C@@H](c1cccc(Br)c1F)C(F)(F)C(F)(F)F. The molecular weight excluding hydrogens is 316 g/mol. The molecule has 1 rings (SSSR count). The molecule has 0 aliphatic carbocycles. The fraction of sp³-hybridized carbons (Fsp3) is 0.333. The molecular formula is C9H6BrF6N. The van der Waals surface area contributed by atoms with E-state index in [-0.39, 0.29) is 4.47 Å². The largest absolute Gasteiger partial charge is 0.455 e. The third-order valence-electron chi connectivity index (χ3n) is 2.09. The van der Waals surface area contributed by atoms with Crippen LogP contribution in [0.25, 0.3) is 0 Å². The van der Waals surface area contributed by atoms with Crippen LogP contribution in [0.2, 0.25) is 0 Å². The normalized spacial score (nSPS) is 14.8. The van der Waals surface area contributed by atoms with E-state index in [1.807, 2.05) is 0 Å². The van der Waals surface area contributed by atoms with Crippen LogP contribution in [0.15, 0.2) is 22.7 Å². The average molecular weight is 322 g/mol. The van der Waals surface area contributed by atoms with Crippen LogP contribution in [0.4, 0.5) is 26.3 Å². The molecule has 0 saturated carbocycles. The van der Waals surface area contributed by atoms with Gasteiger partial charge in [0.2, 0.25) is 0 Å². The molecule has 8 heteroatoms. The van der Waals surface area contributed by atoms with E-state index < -0.39 is 29.5 Å². The summed E-state index contributed by atoms with van der Waals surface area (Å²) in [7, 11) is 0. The van der Waals surface area contributed by atoms with E-state index in [0.717, 1.165) is 18.2 Å². The molecule has 1 nitrogen and oxygen atoms in total. The summed E-state index contributed by atoms with van der Waals surface area (Å²) in [5.74, 6) is -6.43. The standard InChI is InChI=1S/C9H6BrF6N/c10-5-3-1-2-4(6(5)11)7(17)8(12,13)9(14,15)16/h1-3,7H,17H2/t7-/m0/s1. The van der Waals surface area contributed by atoms with Crippen molar-refractivity contribution in [3.63, 3.8) is 0 Å². The molecule has 0 aliphatic rings. The Bertz CT molecular complexity index is 416. The van der Waals surface area contributed by atoms with Crippen molar-refractivity contribution in [1.82, 2.24) is 0 Å². The van der Waals surface area contributed by atoms with Gasteiger partial charge in [0.25, 0.3) is 0 Å². The zero-order valence-corrected chi connectivity index (χ0v) is 9.62. The maximum Gasteiger partial charge on any atom is 0.455 e. The van der Waals surface area contributed by atoms with Gasteiger partial charge in [-0.05, 0) is 22.0 Å². The second kappa shape index (κ2) is 4.49. The Morgan fingerprint density at radius 1 is 1.12 bits per heavy atom. The van der Waals surface area contributed by atoms with E-state index in [1.165, 1.54) is 0 Å². The predicted molar refractivity (Wildman–Crippen MR) is 52.0 cm³/mol. The Morgan fingerprint density at radius 3 is 2.12 bits per heavy atom. The summed E-state index contributed by atoms with van der Waals surface area (Å²) in [6.45, 7) is 0. The van der Waals surface area contributed by atoms with Crippen molar-refractivity contribution in [1.29, 1.82) is 0 Å². The van der Waals surface area contributed by atoms with E-state index in [9.17, 15) is 26.3 Å². The number of alkyl halides is 5. The molecule has 96 valence electrons. The molecule has 1 aromatic carbocycles. The highest BCUT2D eigenvalue weighted by Crippen LogP contribution is 2.44. The van der Waals surface area contributed by atoms with Crippen LogP contribution in [0.1, 0.15) is 11.6 Å². The maximum atomic E-state index is 13.3. The molecule has 2 N–H and O–H groups in total. The molecule has 0 unspecified atom stereocenters. The van der Waals surface area contributed by atoms with Crippen LogP contribution >= 0.6 is 15.9 Å². The van der Waals surface area contributed by atoms with E-state index in [4.69, 9.17) is 5.73 Å².